The van der Waals surface area contributed by atoms with Gasteiger partial charge in [0.1, 0.15) is 31.2 Å². The summed E-state index contributed by atoms with van der Waals surface area (Å²) < 4.78 is 83.7. The monoisotopic (exact) mass is 1620 g/mol. The lowest BCUT2D eigenvalue weighted by molar-refractivity contribution is -0.144. The summed E-state index contributed by atoms with van der Waals surface area (Å²) in [5, 5.41) is 24.6. The number of carbonyl (C=O) groups excluding carboxylic acids is 5. The smallest absolute Gasteiger partial charge is 0.410 e. The third-order valence-electron chi connectivity index (χ3n) is 15.8. The van der Waals surface area contributed by atoms with Gasteiger partial charge in [0.15, 0.2) is 0 Å². The van der Waals surface area contributed by atoms with Crippen molar-refractivity contribution in [3.63, 3.8) is 0 Å². The Labute approximate surface area is 660 Å². The highest BCUT2D eigenvalue weighted by atomic mass is 32.1. The first-order chi connectivity index (χ1) is 53.2. The number of aliphatic carboxylic acids is 1. The van der Waals surface area contributed by atoms with Gasteiger partial charge in [-0.05, 0) is 96.7 Å². The van der Waals surface area contributed by atoms with Crippen LogP contribution >= 0.6 is 45.3 Å². The molecule has 0 saturated carbocycles. The van der Waals surface area contributed by atoms with E-state index in [4.69, 9.17) is 86.1 Å². The number of carboxylic acids is 1. The zero-order valence-corrected chi connectivity index (χ0v) is 67.9. The van der Waals surface area contributed by atoms with E-state index in [1.165, 1.54) is 22.7 Å². The maximum absolute atomic E-state index is 13.1. The molecule has 6 aromatic rings. The molecule has 8 rings (SSSR count). The number of carboxylic acid groups (broad SMARTS) is 1. The summed E-state index contributed by atoms with van der Waals surface area (Å²) in [5.41, 5.74) is 4.85. The van der Waals surface area contributed by atoms with Crippen LogP contribution in [0.3, 0.4) is 0 Å². The van der Waals surface area contributed by atoms with Crippen molar-refractivity contribution in [2.75, 3.05) is 215 Å². The molecular formula is C76H112N8O22S4. The van der Waals surface area contributed by atoms with Crippen molar-refractivity contribution in [1.82, 2.24) is 30.4 Å². The standard InChI is InChI=1S/C39H58N4O11S2.C37H54N4O11S2/c1-5-53-34(45)12-16-47-18-20-49-22-24-51-26-27-52-25-23-50-21-19-48-17-14-40-13-10-33(44)42-37-35(36-41-30-8-6-7-9-31(30)55-36)29-11-15-43(28-32(29)56-37)38(46)54-39(2,3)4;1-37(2,3)52-36(45)41-13-9-27-30(26-41)54-35(33(27)34-39-28-6-4-5-7-29(28)53-34)40-31(42)8-11-38-12-15-47-17-19-49-21-23-51-25-24-50-22-20-48-18-16-46-14-10-32(43)44/h6-9,40H,5,10-28H2,1-4H3,(H,42,44);4-7,38H,8-26H2,1-3H3,(H,40,42)(H,43,44). The van der Waals surface area contributed by atoms with Crippen LogP contribution in [0.2, 0.25) is 0 Å². The van der Waals surface area contributed by atoms with Crippen molar-refractivity contribution in [1.29, 1.82) is 0 Å². The number of ether oxygens (including phenoxy) is 15. The van der Waals surface area contributed by atoms with E-state index in [9.17, 15) is 28.8 Å². The average molecular weight is 1620 g/mol. The predicted octanol–water partition coefficient (Wildman–Crippen LogP) is 10.1. The molecule has 0 atom stereocenters. The molecule has 2 aliphatic heterocycles. The van der Waals surface area contributed by atoms with E-state index in [0.717, 1.165) is 72.5 Å². The summed E-state index contributed by atoms with van der Waals surface area (Å²) in [6.45, 7) is 27.9. The Kier molecular flexibility index (Phi) is 42.3. The highest BCUT2D eigenvalue weighted by Crippen LogP contribution is 2.48. The van der Waals surface area contributed by atoms with Crippen molar-refractivity contribution in [3.05, 3.63) is 69.4 Å². The van der Waals surface area contributed by atoms with Gasteiger partial charge in [0.25, 0.3) is 0 Å². The minimum Gasteiger partial charge on any atom is -0.481 e. The van der Waals surface area contributed by atoms with Crippen LogP contribution < -0.4 is 21.3 Å². The fourth-order valence-electron chi connectivity index (χ4n) is 10.6. The fourth-order valence-corrected chi connectivity index (χ4v) is 15.4. The molecule has 0 radical (unpaired) electrons. The number of anilines is 2. The van der Waals surface area contributed by atoms with Crippen molar-refractivity contribution in [3.8, 4) is 21.1 Å². The summed E-state index contributed by atoms with van der Waals surface area (Å²) >= 11 is 6.22. The van der Waals surface area contributed by atoms with Gasteiger partial charge in [-0.15, -0.1) is 45.3 Å². The van der Waals surface area contributed by atoms with Gasteiger partial charge in [-0.3, -0.25) is 19.2 Å². The normalized spacial score (nSPS) is 12.9. The van der Waals surface area contributed by atoms with Gasteiger partial charge in [0, 0.05) is 73.0 Å². The molecule has 2 aromatic carbocycles. The van der Waals surface area contributed by atoms with E-state index < -0.39 is 17.2 Å². The Morgan fingerprint density at radius 3 is 1.08 bits per heavy atom. The molecule has 0 saturated heterocycles. The molecule has 30 nitrogen and oxygen atoms in total. The van der Waals surface area contributed by atoms with E-state index >= 15 is 0 Å². The van der Waals surface area contributed by atoms with E-state index in [2.05, 4.69) is 27.3 Å². The summed E-state index contributed by atoms with van der Waals surface area (Å²) in [6, 6.07) is 16.0. The molecule has 0 fully saturated rings. The van der Waals surface area contributed by atoms with Gasteiger partial charge in [0.2, 0.25) is 11.8 Å². The number of hydrogen-bond donors (Lipinski definition) is 5. The molecule has 4 aromatic heterocycles. The van der Waals surface area contributed by atoms with Crippen LogP contribution in [0.15, 0.2) is 48.5 Å². The summed E-state index contributed by atoms with van der Waals surface area (Å²) in [6.07, 6.45) is 1.46. The van der Waals surface area contributed by atoms with Gasteiger partial charge in [-0.25, -0.2) is 19.6 Å². The maximum Gasteiger partial charge on any atom is 0.410 e. The third-order valence-corrected chi connectivity index (χ3v) is 20.2. The predicted molar refractivity (Wildman–Crippen MR) is 422 cm³/mol. The molecule has 612 valence electrons. The van der Waals surface area contributed by atoms with Crippen molar-refractivity contribution in [2.45, 2.75) is 111 Å². The topological polar surface area (TPSA) is 341 Å². The molecule has 2 aliphatic rings. The Balaban J connectivity index is 0.000000306. The lowest BCUT2D eigenvalue weighted by atomic mass is 10.0. The minimum absolute atomic E-state index is 0.0124. The molecule has 0 spiro atoms. The van der Waals surface area contributed by atoms with E-state index in [1.54, 1.807) is 39.4 Å². The number of para-hydroxylation sites is 2. The number of carbonyl (C=O) groups is 6. The number of nitrogens with one attached hydrogen (secondary N) is 4. The number of esters is 1. The zero-order chi connectivity index (χ0) is 78.6. The van der Waals surface area contributed by atoms with E-state index in [0.29, 0.717) is 237 Å². The molecule has 4 amide bonds. The average Bonchev–Trinajstić information content (AvgIpc) is 1.62. The second kappa shape index (κ2) is 51.3. The molecule has 5 N–H and O–H groups in total. The van der Waals surface area contributed by atoms with Gasteiger partial charge in [-0.1, -0.05) is 24.3 Å². The van der Waals surface area contributed by atoms with Crippen molar-refractivity contribution in [2.24, 2.45) is 0 Å². The van der Waals surface area contributed by atoms with Gasteiger partial charge < -0.3 is 107 Å². The van der Waals surface area contributed by atoms with Crippen LogP contribution in [0, 0.1) is 0 Å². The number of benzene rings is 2. The lowest BCUT2D eigenvalue weighted by Gasteiger charge is -2.30. The minimum atomic E-state index is -0.881. The Hall–Kier alpha value is -6.52. The molecule has 0 aliphatic carbocycles. The van der Waals surface area contributed by atoms with Crippen LogP contribution in [-0.2, 0) is 116 Å². The third kappa shape index (κ3) is 35.3. The highest BCUT2D eigenvalue weighted by molar-refractivity contribution is 7.23. The maximum atomic E-state index is 13.1. The number of hydrogen-bond acceptors (Lipinski definition) is 29. The molecule has 0 bridgehead atoms. The number of thiazole rings is 2. The largest absolute Gasteiger partial charge is 0.481 e. The second-order valence-corrected chi connectivity index (χ2v) is 31.1. The molecule has 6 heterocycles. The van der Waals surface area contributed by atoms with Gasteiger partial charge in [-0.2, -0.15) is 0 Å². The second-order valence-electron chi connectivity index (χ2n) is 26.8. The summed E-state index contributed by atoms with van der Waals surface area (Å²) in [4.78, 5) is 88.8. The van der Waals surface area contributed by atoms with Crippen LogP contribution in [0.5, 0.6) is 0 Å². The first-order valence-electron chi connectivity index (χ1n) is 37.5. The molecule has 34 heteroatoms. The highest BCUT2D eigenvalue weighted by Gasteiger charge is 2.34. The first kappa shape index (κ1) is 90.7. The number of thiophene rings is 2. The van der Waals surface area contributed by atoms with Gasteiger partial charge in [0.05, 0.1) is 212 Å². The van der Waals surface area contributed by atoms with Crippen molar-refractivity contribution >= 4 is 112 Å². The number of aromatic nitrogens is 2. The molecule has 110 heavy (non-hydrogen) atoms. The number of amides is 4. The first-order valence-corrected chi connectivity index (χ1v) is 40.8. The summed E-state index contributed by atoms with van der Waals surface area (Å²) in [5.74, 6) is -1.33. The van der Waals surface area contributed by atoms with E-state index in [-0.39, 0.29) is 49.4 Å². The van der Waals surface area contributed by atoms with Gasteiger partial charge >= 0.3 is 24.1 Å². The van der Waals surface area contributed by atoms with E-state index in [1.807, 2.05) is 84.0 Å². The lowest BCUT2D eigenvalue weighted by Crippen LogP contribution is -2.39. The Bertz CT molecular complexity index is 3620. The SMILES string of the molecule is CC(C)(C)OC(=O)N1CCc2c(sc(NC(=O)CCNCCOCCOCCOCCOCCOCCOCCC(=O)O)c2-c2nc3ccccc3s2)C1.CCOC(=O)CCOCCOCCOCCOCCOCCOCCNCCC(=O)Nc1sc2c(c1-c1nc3ccccc3s1)CCN(C(=O)OC(C)(C)C)C2. The Morgan fingerprint density at radius 2 is 0.755 bits per heavy atom. The molecule has 0 unspecified atom stereocenters. The van der Waals surface area contributed by atoms with Crippen LogP contribution in [0.25, 0.3) is 41.6 Å². The Morgan fingerprint density at radius 1 is 0.427 bits per heavy atom. The number of fused-ring (bicyclic) bond motifs is 4. The zero-order valence-electron chi connectivity index (χ0n) is 64.6. The number of nitrogens with zero attached hydrogens (tertiary/aromatic N) is 4. The summed E-state index contributed by atoms with van der Waals surface area (Å²) in [7, 11) is 0. The van der Waals surface area contributed by atoms with Crippen LogP contribution in [0.1, 0.15) is 95.0 Å². The molecular weight excluding hydrogens is 1510 g/mol. The van der Waals surface area contributed by atoms with Crippen LogP contribution in [0.4, 0.5) is 19.6 Å². The van der Waals surface area contributed by atoms with Crippen LogP contribution in [-0.4, -0.2) is 276 Å². The number of rotatable bonds is 53. The van der Waals surface area contributed by atoms with Crippen molar-refractivity contribution < 1.29 is 105 Å². The fraction of sp³-hybridized carbons (Fsp3) is 0.632. The quantitative estimate of drug-likeness (QED) is 0.0135.